The number of ether oxygens (including phenoxy) is 1. The second kappa shape index (κ2) is 7.13. The average Bonchev–Trinajstić information content (AvgIpc) is 2.61. The summed E-state index contributed by atoms with van der Waals surface area (Å²) in [7, 11) is 3.05. The number of nitrogens with one attached hydrogen (secondary N) is 1. The van der Waals surface area contributed by atoms with Crippen LogP contribution in [0.25, 0.3) is 0 Å². The van der Waals surface area contributed by atoms with Gasteiger partial charge in [-0.25, -0.2) is 0 Å². The van der Waals surface area contributed by atoms with Crippen LogP contribution in [-0.2, 0) is 21.4 Å². The van der Waals surface area contributed by atoms with E-state index < -0.39 is 26.7 Å². The summed E-state index contributed by atoms with van der Waals surface area (Å²) in [5, 5.41) is 2.37. The zero-order valence-corrected chi connectivity index (χ0v) is 19.0. The molecule has 0 saturated carbocycles. The highest BCUT2D eigenvalue weighted by Crippen LogP contribution is 2.57. The molecule has 1 N–H and O–H groups in total. The van der Waals surface area contributed by atoms with Crippen LogP contribution in [0.3, 0.4) is 0 Å². The molecule has 3 heterocycles. The summed E-state index contributed by atoms with van der Waals surface area (Å²) in [6.45, 7) is 9.15. The topological polar surface area (TPSA) is 114 Å². The maximum absolute atomic E-state index is 13.2. The number of hydrogen-bond acceptors (Lipinski definition) is 8. The molecule has 1 unspecified atom stereocenters. The van der Waals surface area contributed by atoms with Gasteiger partial charge in [0.2, 0.25) is 0 Å². The number of thioether (sulfide) groups is 2. The van der Waals surface area contributed by atoms with Crippen LogP contribution >= 0.6 is 23.5 Å². The first-order valence-electron chi connectivity index (χ1n) is 8.98. The van der Waals surface area contributed by atoms with Gasteiger partial charge in [0.1, 0.15) is 5.37 Å². The van der Waals surface area contributed by atoms with Crippen LogP contribution in [0.2, 0.25) is 0 Å². The number of aromatic amines is 1. The van der Waals surface area contributed by atoms with Crippen molar-refractivity contribution in [2.45, 2.75) is 55.3 Å². The van der Waals surface area contributed by atoms with Gasteiger partial charge < -0.3 is 4.74 Å². The summed E-state index contributed by atoms with van der Waals surface area (Å²) in [6, 6.07) is 0. The third-order valence-electron chi connectivity index (χ3n) is 5.00. The van der Waals surface area contributed by atoms with E-state index in [-0.39, 0.29) is 17.1 Å². The predicted octanol–water partition coefficient (Wildman–Crippen LogP) is 1.10. The Morgan fingerprint density at radius 3 is 2.48 bits per heavy atom. The molecule has 2 aliphatic rings. The highest BCUT2D eigenvalue weighted by molar-refractivity contribution is 8.18. The summed E-state index contributed by atoms with van der Waals surface area (Å²) in [5.41, 5.74) is -1.30. The molecule has 1 saturated heterocycles. The van der Waals surface area contributed by atoms with E-state index in [1.165, 1.54) is 40.2 Å². The van der Waals surface area contributed by atoms with Crippen molar-refractivity contribution in [1.82, 2.24) is 19.7 Å². The third-order valence-corrected chi connectivity index (χ3v) is 8.24. The minimum atomic E-state index is -0.877. The van der Waals surface area contributed by atoms with E-state index in [1.807, 2.05) is 34.6 Å². The molecule has 1 aromatic rings. The van der Waals surface area contributed by atoms with Gasteiger partial charge in [0.05, 0.1) is 9.78 Å². The molecule has 0 aliphatic carbocycles. The molecular weight excluding hydrogens is 416 g/mol. The first-order valence-corrected chi connectivity index (χ1v) is 10.7. The Labute approximate surface area is 176 Å². The maximum Gasteiger partial charge on any atom is 0.339 e. The first kappa shape index (κ1) is 21.8. The second-order valence-corrected chi connectivity index (χ2v) is 11.4. The van der Waals surface area contributed by atoms with Crippen LogP contribution in [0, 0.1) is 5.41 Å². The van der Waals surface area contributed by atoms with Crippen LogP contribution in [-0.4, -0.2) is 54.0 Å². The summed E-state index contributed by atoms with van der Waals surface area (Å²) in [6.07, 6.45) is -0.650. The van der Waals surface area contributed by atoms with Gasteiger partial charge in [-0.2, -0.15) is 4.98 Å². The van der Waals surface area contributed by atoms with Gasteiger partial charge in [0.15, 0.2) is 17.0 Å². The van der Waals surface area contributed by atoms with Crippen molar-refractivity contribution in [2.24, 2.45) is 12.5 Å². The number of aromatic nitrogens is 3. The van der Waals surface area contributed by atoms with Gasteiger partial charge in [0, 0.05) is 19.6 Å². The molecule has 9 nitrogen and oxygen atoms in total. The summed E-state index contributed by atoms with van der Waals surface area (Å²) < 4.78 is 6.01. The predicted molar refractivity (Wildman–Crippen MR) is 111 cm³/mol. The van der Waals surface area contributed by atoms with Gasteiger partial charge >= 0.3 is 11.1 Å². The Hall–Kier alpha value is -1.85. The van der Waals surface area contributed by atoms with Crippen LogP contribution in [0.15, 0.2) is 26.0 Å². The van der Waals surface area contributed by atoms with E-state index in [1.54, 1.807) is 7.05 Å². The number of nitrogens with zero attached hydrogens (tertiary/aromatic N) is 3. The number of ketones is 1. The number of amides is 1. The minimum absolute atomic E-state index is 0.140. The van der Waals surface area contributed by atoms with Gasteiger partial charge in [-0.05, 0) is 19.4 Å². The van der Waals surface area contributed by atoms with Crippen LogP contribution in [0.1, 0.15) is 34.6 Å². The van der Waals surface area contributed by atoms with Crippen LogP contribution in [0.4, 0.5) is 0 Å². The molecule has 0 bridgehead atoms. The van der Waals surface area contributed by atoms with E-state index in [4.69, 9.17) is 4.74 Å². The molecule has 2 aliphatic heterocycles. The summed E-state index contributed by atoms with van der Waals surface area (Å²) in [5.74, 6) is -0.378. The lowest BCUT2D eigenvalue weighted by Gasteiger charge is -2.54. The largest absolute Gasteiger partial charge is 0.368 e. The van der Waals surface area contributed by atoms with Crippen molar-refractivity contribution in [3.63, 3.8) is 0 Å². The monoisotopic (exact) mass is 440 g/mol. The van der Waals surface area contributed by atoms with E-state index in [2.05, 4.69) is 10.1 Å². The Bertz CT molecular complexity index is 1040. The van der Waals surface area contributed by atoms with Crippen molar-refractivity contribution < 1.29 is 14.3 Å². The van der Waals surface area contributed by atoms with Gasteiger partial charge in [-0.3, -0.25) is 33.9 Å². The summed E-state index contributed by atoms with van der Waals surface area (Å²) in [4.78, 5) is 54.5. The Balaban J connectivity index is 2.14. The lowest BCUT2D eigenvalue weighted by Crippen LogP contribution is -2.67. The fourth-order valence-corrected chi connectivity index (χ4v) is 6.20. The molecule has 29 heavy (non-hydrogen) atoms. The number of hydrogen-bond donors (Lipinski definition) is 1. The van der Waals surface area contributed by atoms with Crippen molar-refractivity contribution in [2.75, 3.05) is 7.11 Å². The van der Waals surface area contributed by atoms with Crippen molar-refractivity contribution in [3.05, 3.63) is 32.0 Å². The highest BCUT2D eigenvalue weighted by atomic mass is 32.2. The molecule has 3 atom stereocenters. The maximum atomic E-state index is 13.2. The number of allylic oxidation sites excluding steroid dienone is 1. The Morgan fingerprint density at radius 2 is 1.93 bits per heavy atom. The van der Waals surface area contributed by atoms with Gasteiger partial charge in [-0.15, -0.1) is 11.8 Å². The van der Waals surface area contributed by atoms with E-state index in [0.717, 1.165) is 0 Å². The first-order chi connectivity index (χ1) is 13.3. The quantitative estimate of drug-likeness (QED) is 0.547. The number of H-pyrrole nitrogens is 1. The number of carbonyl (C=O) groups excluding carboxylic acids is 2. The summed E-state index contributed by atoms with van der Waals surface area (Å²) >= 11 is 2.71. The normalized spacial score (nSPS) is 27.0. The molecule has 158 valence electrons. The third kappa shape index (κ3) is 3.49. The molecule has 0 aromatic carbocycles. The van der Waals surface area contributed by atoms with Crippen molar-refractivity contribution >= 4 is 35.2 Å². The average molecular weight is 441 g/mol. The zero-order valence-electron chi connectivity index (χ0n) is 17.4. The van der Waals surface area contributed by atoms with Crippen LogP contribution in [0.5, 0.6) is 0 Å². The fourth-order valence-electron chi connectivity index (χ4n) is 3.18. The number of carbonyl (C=O) groups is 2. The van der Waals surface area contributed by atoms with Crippen LogP contribution < -0.4 is 11.1 Å². The molecule has 3 rings (SSSR count). The van der Waals surface area contributed by atoms with E-state index >= 15 is 0 Å². The fraction of sp³-hybridized carbons (Fsp3) is 0.611. The number of methoxy groups -OCH3 is 1. The molecule has 1 amide bonds. The second-order valence-electron chi connectivity index (χ2n) is 8.17. The number of aryl methyl sites for hydroxylation is 1. The lowest BCUT2D eigenvalue weighted by atomic mass is 9.85. The van der Waals surface area contributed by atoms with Gasteiger partial charge in [-0.1, -0.05) is 32.5 Å². The van der Waals surface area contributed by atoms with Crippen molar-refractivity contribution in [1.29, 1.82) is 0 Å². The SMILES string of the molecule is CO[C@H]1C(=O)N2C(C(=O)C(C)(C)C)=C(C)C(C)(Sc3nc(=O)c(=O)[nH]n3C)S[C@H]12. The molecule has 11 heteroatoms. The lowest BCUT2D eigenvalue weighted by molar-refractivity contribution is -0.160. The number of fused-ring (bicyclic) bond motifs is 1. The molecular formula is C18H24N4O5S2. The van der Waals surface area contributed by atoms with E-state index in [0.29, 0.717) is 16.4 Å². The molecule has 0 radical (unpaired) electrons. The number of Topliss-reactive ketones (excluding diaryl/α,β-unsaturated/α-hetero) is 1. The highest BCUT2D eigenvalue weighted by Gasteiger charge is 2.59. The Kier molecular flexibility index (Phi) is 5.38. The standard InChI is InChI=1S/C18H24N4O5S2/c1-8-9(11(23)17(2,3)4)22-14(26)10(27-7)15(22)28-18(8,5)29-16-19-12(24)13(25)20-21(16)6/h10,15H,1-7H3,(H,20,25)/t10-,15+,18?/m0/s1. The molecule has 0 spiro atoms. The number of rotatable bonds is 4. The zero-order chi connectivity index (χ0) is 21.9. The molecule has 1 aromatic heterocycles. The number of β-lactam (4-membered cyclic amide) rings is 1. The minimum Gasteiger partial charge on any atom is -0.368 e. The van der Waals surface area contributed by atoms with Crippen molar-refractivity contribution in [3.8, 4) is 0 Å². The molecule has 1 fully saturated rings. The van der Waals surface area contributed by atoms with E-state index in [9.17, 15) is 19.2 Å². The van der Waals surface area contributed by atoms with Gasteiger partial charge in [0.25, 0.3) is 5.91 Å². The smallest absolute Gasteiger partial charge is 0.339 e. The Morgan fingerprint density at radius 1 is 1.31 bits per heavy atom.